The van der Waals surface area contributed by atoms with Gasteiger partial charge in [-0.1, -0.05) is 39.5 Å². The molecule has 80 valence electrons. The van der Waals surface area contributed by atoms with E-state index in [1.807, 2.05) is 20.8 Å². The molecule has 14 heavy (non-hydrogen) atoms. The third-order valence-corrected chi connectivity index (χ3v) is 1.25. The summed E-state index contributed by atoms with van der Waals surface area (Å²) in [4.78, 5) is 10.6. The highest BCUT2D eigenvalue weighted by atomic mass is 16.4. The van der Waals surface area contributed by atoms with Crippen LogP contribution in [-0.4, -0.2) is 11.1 Å². The second-order valence-corrected chi connectivity index (χ2v) is 2.19. The first kappa shape index (κ1) is 15.0. The van der Waals surface area contributed by atoms with Crippen LogP contribution < -0.4 is 5.73 Å². The van der Waals surface area contributed by atoms with Crippen molar-refractivity contribution in [1.82, 2.24) is 0 Å². The Bertz CT molecular complexity index is 240. The minimum Gasteiger partial charge on any atom is -0.478 e. The molecular weight excluding hydrogens is 178 g/mol. The van der Waals surface area contributed by atoms with E-state index in [0.29, 0.717) is 6.42 Å². The highest BCUT2D eigenvalue weighted by Gasteiger charge is 2.07. The average molecular weight is 197 g/mol. The highest BCUT2D eigenvalue weighted by Crippen LogP contribution is 2.05. The molecule has 0 fully saturated rings. The Morgan fingerprint density at radius 2 is 2.00 bits per heavy atom. The van der Waals surface area contributed by atoms with E-state index >= 15 is 0 Å². The largest absolute Gasteiger partial charge is 0.478 e. The lowest BCUT2D eigenvalue weighted by molar-refractivity contribution is -0.132. The maximum atomic E-state index is 10.6. The van der Waals surface area contributed by atoms with Crippen molar-refractivity contribution in [1.29, 1.82) is 0 Å². The Labute approximate surface area is 85.6 Å². The Morgan fingerprint density at radius 3 is 2.29 bits per heavy atom. The summed E-state index contributed by atoms with van der Waals surface area (Å²) in [6.07, 6.45) is 5.14. The lowest BCUT2D eigenvalue weighted by Crippen LogP contribution is -2.09. The Kier molecular flexibility index (Phi) is 10.3. The molecular formula is C11H19NO2. The third kappa shape index (κ3) is 6.06. The van der Waals surface area contributed by atoms with Crippen LogP contribution in [0.5, 0.6) is 0 Å². The maximum Gasteiger partial charge on any atom is 0.337 e. The molecule has 0 atom stereocenters. The van der Waals surface area contributed by atoms with Gasteiger partial charge in [0.25, 0.3) is 0 Å². The minimum atomic E-state index is -1.01. The summed E-state index contributed by atoms with van der Waals surface area (Å²) in [6.45, 7) is 9.28. The van der Waals surface area contributed by atoms with E-state index in [1.54, 1.807) is 6.08 Å². The van der Waals surface area contributed by atoms with Crippen LogP contribution in [0.3, 0.4) is 0 Å². The summed E-state index contributed by atoms with van der Waals surface area (Å²) in [5, 5.41) is 8.68. The smallest absolute Gasteiger partial charge is 0.337 e. The molecule has 3 nitrogen and oxygen atoms in total. The van der Waals surface area contributed by atoms with Gasteiger partial charge in [-0.05, 0) is 12.5 Å². The van der Waals surface area contributed by atoms with E-state index in [1.165, 1.54) is 12.2 Å². The van der Waals surface area contributed by atoms with Crippen LogP contribution in [0, 0.1) is 0 Å². The standard InChI is InChI=1S/C9H13NO2.C2H6/c1-3-5-7(9(11)12)8(10)6-4-2;1-2/h4-6H,2-3,10H2,1H3,(H,11,12);1-2H3/b7-5+,8-6+;. The maximum absolute atomic E-state index is 10.6. The van der Waals surface area contributed by atoms with Crippen LogP contribution in [-0.2, 0) is 4.79 Å². The fraction of sp³-hybridized carbons (Fsp3) is 0.364. The van der Waals surface area contributed by atoms with E-state index in [0.717, 1.165) is 0 Å². The second-order valence-electron chi connectivity index (χ2n) is 2.19. The van der Waals surface area contributed by atoms with E-state index in [-0.39, 0.29) is 11.3 Å². The first-order valence-electron chi connectivity index (χ1n) is 4.65. The molecule has 0 aromatic heterocycles. The number of carboxylic acid groups (broad SMARTS) is 1. The lowest BCUT2D eigenvalue weighted by atomic mass is 10.1. The quantitative estimate of drug-likeness (QED) is 0.537. The van der Waals surface area contributed by atoms with Crippen LogP contribution in [0.1, 0.15) is 27.2 Å². The fourth-order valence-electron chi connectivity index (χ4n) is 0.750. The van der Waals surface area contributed by atoms with Crippen molar-refractivity contribution in [2.24, 2.45) is 5.73 Å². The van der Waals surface area contributed by atoms with Crippen LogP contribution in [0.15, 0.2) is 36.1 Å². The second kappa shape index (κ2) is 9.58. The molecule has 0 saturated carbocycles. The normalized spacial score (nSPS) is 11.4. The molecule has 0 aromatic rings. The molecule has 0 aromatic carbocycles. The number of hydrogen-bond acceptors (Lipinski definition) is 2. The Balaban J connectivity index is 0. The average Bonchev–Trinajstić information content (AvgIpc) is 2.17. The number of aliphatic carboxylic acids is 1. The molecule has 0 aliphatic carbocycles. The number of hydrogen-bond donors (Lipinski definition) is 2. The predicted molar refractivity (Wildman–Crippen MR) is 59.8 cm³/mol. The lowest BCUT2D eigenvalue weighted by Gasteiger charge is -2.00. The molecule has 0 bridgehead atoms. The molecule has 0 spiro atoms. The predicted octanol–water partition coefficient (Wildman–Crippen LogP) is 2.46. The zero-order valence-electron chi connectivity index (χ0n) is 9.08. The summed E-state index contributed by atoms with van der Waals surface area (Å²) in [5.74, 6) is -1.01. The van der Waals surface area contributed by atoms with E-state index in [4.69, 9.17) is 10.8 Å². The Hall–Kier alpha value is -1.51. The summed E-state index contributed by atoms with van der Waals surface area (Å²) in [6, 6.07) is 0. The monoisotopic (exact) mass is 197 g/mol. The van der Waals surface area contributed by atoms with E-state index in [9.17, 15) is 4.79 Å². The number of carboxylic acids is 1. The van der Waals surface area contributed by atoms with Gasteiger partial charge >= 0.3 is 5.97 Å². The van der Waals surface area contributed by atoms with E-state index < -0.39 is 5.97 Å². The van der Waals surface area contributed by atoms with E-state index in [2.05, 4.69) is 6.58 Å². The van der Waals surface area contributed by atoms with Gasteiger partial charge in [-0.3, -0.25) is 0 Å². The van der Waals surface area contributed by atoms with Gasteiger partial charge in [0.15, 0.2) is 0 Å². The molecule has 3 N–H and O–H groups in total. The molecule has 0 radical (unpaired) electrons. The van der Waals surface area contributed by atoms with Gasteiger partial charge in [0, 0.05) is 5.70 Å². The molecule has 0 aliphatic rings. The molecule has 0 heterocycles. The summed E-state index contributed by atoms with van der Waals surface area (Å²) in [7, 11) is 0. The van der Waals surface area contributed by atoms with Gasteiger partial charge in [0.05, 0.1) is 5.57 Å². The number of carbonyl (C=O) groups is 1. The highest BCUT2D eigenvalue weighted by molar-refractivity contribution is 5.91. The fourth-order valence-corrected chi connectivity index (χ4v) is 0.750. The van der Waals surface area contributed by atoms with Gasteiger partial charge in [-0.25, -0.2) is 4.79 Å². The van der Waals surface area contributed by atoms with Crippen LogP contribution >= 0.6 is 0 Å². The first-order valence-corrected chi connectivity index (χ1v) is 4.65. The number of nitrogens with two attached hydrogens (primary N) is 1. The molecule has 0 unspecified atom stereocenters. The van der Waals surface area contributed by atoms with Crippen molar-refractivity contribution < 1.29 is 9.90 Å². The van der Waals surface area contributed by atoms with Crippen LogP contribution in [0.25, 0.3) is 0 Å². The van der Waals surface area contributed by atoms with Crippen molar-refractivity contribution >= 4 is 5.97 Å². The van der Waals surface area contributed by atoms with Crippen molar-refractivity contribution in [2.45, 2.75) is 27.2 Å². The first-order chi connectivity index (χ1) is 6.63. The molecule has 0 saturated heterocycles. The summed E-state index contributed by atoms with van der Waals surface area (Å²) >= 11 is 0. The SMILES string of the molecule is C=C/C=C(N)\C(=C/CC)C(=O)O.CC. The Morgan fingerprint density at radius 1 is 1.50 bits per heavy atom. The van der Waals surface area contributed by atoms with Gasteiger partial charge in [0.2, 0.25) is 0 Å². The van der Waals surface area contributed by atoms with Crippen molar-refractivity contribution in [3.8, 4) is 0 Å². The topological polar surface area (TPSA) is 63.3 Å². The van der Waals surface area contributed by atoms with Gasteiger partial charge < -0.3 is 10.8 Å². The number of rotatable bonds is 4. The van der Waals surface area contributed by atoms with Gasteiger partial charge in [-0.15, -0.1) is 0 Å². The van der Waals surface area contributed by atoms with Gasteiger partial charge in [-0.2, -0.15) is 0 Å². The molecule has 3 heteroatoms. The van der Waals surface area contributed by atoms with Crippen molar-refractivity contribution in [3.05, 3.63) is 36.1 Å². The van der Waals surface area contributed by atoms with Crippen LogP contribution in [0.4, 0.5) is 0 Å². The molecule has 0 amide bonds. The third-order valence-electron chi connectivity index (χ3n) is 1.25. The molecule has 0 aliphatic heterocycles. The van der Waals surface area contributed by atoms with Crippen molar-refractivity contribution in [2.75, 3.05) is 0 Å². The minimum absolute atomic E-state index is 0.136. The number of allylic oxidation sites excluding steroid dienone is 3. The van der Waals surface area contributed by atoms with Crippen LogP contribution in [0.2, 0.25) is 0 Å². The summed E-state index contributed by atoms with van der Waals surface area (Å²) in [5.41, 5.74) is 5.83. The zero-order chi connectivity index (χ0) is 11.6. The molecule has 0 rings (SSSR count). The van der Waals surface area contributed by atoms with Gasteiger partial charge in [0.1, 0.15) is 0 Å². The van der Waals surface area contributed by atoms with Crippen molar-refractivity contribution in [3.63, 3.8) is 0 Å². The zero-order valence-corrected chi connectivity index (χ0v) is 9.08. The summed E-state index contributed by atoms with van der Waals surface area (Å²) < 4.78 is 0.